The number of β-amino-alcohol motifs (C(OH)–C–C–N with tert-alkyl or cyclic N) is 1. The van der Waals surface area contributed by atoms with E-state index in [-0.39, 0.29) is 6.61 Å². The highest BCUT2D eigenvalue weighted by molar-refractivity contribution is 5.64. The summed E-state index contributed by atoms with van der Waals surface area (Å²) in [6, 6.07) is 8.23. The Morgan fingerprint density at radius 2 is 1.90 bits per heavy atom. The van der Waals surface area contributed by atoms with Gasteiger partial charge in [0.1, 0.15) is 0 Å². The molecule has 0 fully saturated rings. The van der Waals surface area contributed by atoms with Gasteiger partial charge in [0.25, 0.3) is 0 Å². The lowest BCUT2D eigenvalue weighted by molar-refractivity contribution is 0.305. The van der Waals surface area contributed by atoms with Gasteiger partial charge in [-0.15, -0.1) is 12.3 Å². The molecule has 108 valence electrons. The number of aliphatic hydroxyl groups excluding tert-OH is 1. The number of anilines is 1. The van der Waals surface area contributed by atoms with E-state index < -0.39 is 0 Å². The quantitative estimate of drug-likeness (QED) is 0.653. The summed E-state index contributed by atoms with van der Waals surface area (Å²) in [5.74, 6) is 2.25. The Morgan fingerprint density at radius 3 is 2.40 bits per heavy atom. The summed E-state index contributed by atoms with van der Waals surface area (Å²) in [4.78, 5) is 2.08. The molecule has 1 aromatic carbocycles. The summed E-state index contributed by atoms with van der Waals surface area (Å²) >= 11 is 0. The van der Waals surface area contributed by atoms with Crippen molar-refractivity contribution in [2.24, 2.45) is 0 Å². The molecule has 0 saturated heterocycles. The molecule has 2 rings (SSSR count). The summed E-state index contributed by atoms with van der Waals surface area (Å²) in [7, 11) is 0. The maximum Gasteiger partial charge on any atom is 0.0610 e. The van der Waals surface area contributed by atoms with Crippen LogP contribution in [0.25, 0.3) is 0 Å². The van der Waals surface area contributed by atoms with Crippen molar-refractivity contribution >= 4 is 5.69 Å². The lowest BCUT2D eigenvalue weighted by Gasteiger charge is -2.18. The van der Waals surface area contributed by atoms with Crippen LogP contribution in [0.1, 0.15) is 26.3 Å². The van der Waals surface area contributed by atoms with Crippen LogP contribution in [0.15, 0.2) is 48.7 Å². The van der Waals surface area contributed by atoms with Gasteiger partial charge in [-0.2, -0.15) is 0 Å². The van der Waals surface area contributed by atoms with Crippen molar-refractivity contribution in [2.45, 2.75) is 27.2 Å². The SMILES string of the molecule is C#CC.C/C=C\C.C=C1Cc2ccccc2N1CCO. The van der Waals surface area contributed by atoms with Crippen LogP contribution in [0.4, 0.5) is 5.69 Å². The average Bonchev–Trinajstić information content (AvgIpc) is 2.77. The predicted molar refractivity (Wildman–Crippen MR) is 88.7 cm³/mol. The van der Waals surface area contributed by atoms with Crippen LogP contribution < -0.4 is 4.90 Å². The third-order valence-corrected chi connectivity index (χ3v) is 2.72. The summed E-state index contributed by atoms with van der Waals surface area (Å²) in [5, 5.41) is 8.89. The largest absolute Gasteiger partial charge is 0.395 e. The van der Waals surface area contributed by atoms with Crippen molar-refractivity contribution in [3.8, 4) is 12.3 Å². The highest BCUT2D eigenvalue weighted by Gasteiger charge is 2.20. The number of hydrogen-bond donors (Lipinski definition) is 1. The molecule has 0 bridgehead atoms. The van der Waals surface area contributed by atoms with Crippen molar-refractivity contribution in [3.05, 3.63) is 54.3 Å². The minimum atomic E-state index is 0.174. The van der Waals surface area contributed by atoms with E-state index in [0.29, 0.717) is 6.54 Å². The molecule has 0 aromatic heterocycles. The first-order valence-corrected chi connectivity index (χ1v) is 6.74. The summed E-state index contributed by atoms with van der Waals surface area (Å²) in [6.07, 6.45) is 9.51. The molecule has 0 unspecified atom stereocenters. The van der Waals surface area contributed by atoms with Crippen molar-refractivity contribution in [1.82, 2.24) is 0 Å². The van der Waals surface area contributed by atoms with E-state index in [2.05, 4.69) is 36.0 Å². The van der Waals surface area contributed by atoms with Gasteiger partial charge in [-0.3, -0.25) is 0 Å². The number of hydrogen-bond acceptors (Lipinski definition) is 2. The predicted octanol–water partition coefficient (Wildman–Crippen LogP) is 3.78. The van der Waals surface area contributed by atoms with E-state index in [9.17, 15) is 0 Å². The molecule has 2 nitrogen and oxygen atoms in total. The first-order chi connectivity index (χ1) is 9.65. The number of rotatable bonds is 2. The standard InChI is InChI=1S/C11H13NO.C4H8.C3H4/c1-9-8-10-4-2-3-5-11(10)12(9)6-7-13;1-3-4-2;1-3-2/h2-5,13H,1,6-8H2;3-4H,1-2H3;1H,2H3/b;4-3-;. The molecule has 1 aromatic rings. The number of para-hydroxylation sites is 1. The van der Waals surface area contributed by atoms with E-state index >= 15 is 0 Å². The number of fused-ring (bicyclic) bond motifs is 1. The summed E-state index contributed by atoms with van der Waals surface area (Å²) in [6.45, 7) is 10.5. The molecule has 1 heterocycles. The molecular weight excluding hydrogens is 246 g/mol. The normalized spacial score (nSPS) is 11.9. The zero-order chi connectivity index (χ0) is 15.4. The van der Waals surface area contributed by atoms with Gasteiger partial charge in [-0.25, -0.2) is 0 Å². The first-order valence-electron chi connectivity index (χ1n) is 6.74. The lowest BCUT2D eigenvalue weighted by Crippen LogP contribution is -2.21. The van der Waals surface area contributed by atoms with E-state index in [1.54, 1.807) is 6.92 Å². The second-order valence-corrected chi connectivity index (χ2v) is 4.20. The zero-order valence-corrected chi connectivity index (χ0v) is 12.8. The molecule has 0 atom stereocenters. The Labute approximate surface area is 123 Å². The Bertz CT molecular complexity index is 465. The number of aliphatic hydroxyl groups is 1. The van der Waals surface area contributed by atoms with Crippen molar-refractivity contribution in [1.29, 1.82) is 0 Å². The molecule has 0 aliphatic carbocycles. The molecule has 1 N–H and O–H groups in total. The molecular formula is C18H25NO. The van der Waals surface area contributed by atoms with Gasteiger partial charge in [-0.1, -0.05) is 36.9 Å². The van der Waals surface area contributed by atoms with E-state index in [4.69, 9.17) is 5.11 Å². The van der Waals surface area contributed by atoms with Gasteiger partial charge < -0.3 is 10.0 Å². The number of benzene rings is 1. The number of nitrogens with zero attached hydrogens (tertiary/aromatic N) is 1. The van der Waals surface area contributed by atoms with Crippen LogP contribution in [0.5, 0.6) is 0 Å². The van der Waals surface area contributed by atoms with Crippen molar-refractivity contribution < 1.29 is 5.11 Å². The van der Waals surface area contributed by atoms with E-state index in [1.165, 1.54) is 11.3 Å². The monoisotopic (exact) mass is 271 g/mol. The third kappa shape index (κ3) is 5.77. The number of allylic oxidation sites excluding steroid dienone is 3. The molecule has 2 heteroatoms. The van der Waals surface area contributed by atoms with Gasteiger partial charge in [0, 0.05) is 24.4 Å². The highest BCUT2D eigenvalue weighted by Crippen LogP contribution is 2.32. The Kier molecular flexibility index (Phi) is 9.82. The molecule has 1 aliphatic heterocycles. The molecule has 0 spiro atoms. The first kappa shape index (κ1) is 18.0. The van der Waals surface area contributed by atoms with Crippen LogP contribution in [-0.2, 0) is 6.42 Å². The highest BCUT2D eigenvalue weighted by atomic mass is 16.3. The van der Waals surface area contributed by atoms with Gasteiger partial charge in [-0.05, 0) is 32.4 Å². The number of terminal acetylenes is 1. The van der Waals surface area contributed by atoms with Crippen LogP contribution in [0.2, 0.25) is 0 Å². The maximum absolute atomic E-state index is 8.89. The Hall–Kier alpha value is -1.98. The van der Waals surface area contributed by atoms with E-state index in [1.807, 2.05) is 38.1 Å². The summed E-state index contributed by atoms with van der Waals surface area (Å²) < 4.78 is 0. The second-order valence-electron chi connectivity index (χ2n) is 4.20. The molecule has 0 radical (unpaired) electrons. The molecule has 1 aliphatic rings. The van der Waals surface area contributed by atoms with Crippen LogP contribution in [0, 0.1) is 12.3 Å². The van der Waals surface area contributed by atoms with Crippen LogP contribution >= 0.6 is 0 Å². The second kappa shape index (κ2) is 10.9. The van der Waals surface area contributed by atoms with Gasteiger partial charge >= 0.3 is 0 Å². The van der Waals surface area contributed by atoms with Crippen LogP contribution in [-0.4, -0.2) is 18.3 Å². The smallest absolute Gasteiger partial charge is 0.0610 e. The minimum absolute atomic E-state index is 0.174. The van der Waals surface area contributed by atoms with Gasteiger partial charge in [0.15, 0.2) is 0 Å². The van der Waals surface area contributed by atoms with Gasteiger partial charge in [0.2, 0.25) is 0 Å². The topological polar surface area (TPSA) is 23.5 Å². The fourth-order valence-corrected chi connectivity index (χ4v) is 1.79. The Balaban J connectivity index is 0.000000438. The third-order valence-electron chi connectivity index (χ3n) is 2.72. The fourth-order valence-electron chi connectivity index (χ4n) is 1.79. The fraction of sp³-hybridized carbons (Fsp3) is 0.333. The van der Waals surface area contributed by atoms with Crippen molar-refractivity contribution in [3.63, 3.8) is 0 Å². The average molecular weight is 271 g/mol. The van der Waals surface area contributed by atoms with Gasteiger partial charge in [0.05, 0.1) is 6.61 Å². The minimum Gasteiger partial charge on any atom is -0.395 e. The lowest BCUT2D eigenvalue weighted by atomic mass is 10.1. The molecule has 20 heavy (non-hydrogen) atoms. The Morgan fingerprint density at radius 1 is 1.35 bits per heavy atom. The summed E-state index contributed by atoms with van der Waals surface area (Å²) in [5.41, 5.74) is 3.58. The van der Waals surface area contributed by atoms with Crippen LogP contribution in [0.3, 0.4) is 0 Å². The molecule has 0 saturated carbocycles. The van der Waals surface area contributed by atoms with E-state index in [0.717, 1.165) is 12.1 Å². The molecule has 0 amide bonds. The maximum atomic E-state index is 8.89. The van der Waals surface area contributed by atoms with Crippen molar-refractivity contribution in [2.75, 3.05) is 18.1 Å². The zero-order valence-electron chi connectivity index (χ0n) is 12.8.